The molecule has 0 aliphatic rings. The third kappa shape index (κ3) is 4.59. The van der Waals surface area contributed by atoms with Gasteiger partial charge < -0.3 is 9.64 Å². The summed E-state index contributed by atoms with van der Waals surface area (Å²) in [6.45, 7) is -0.0742. The molecule has 0 bridgehead atoms. The van der Waals surface area contributed by atoms with Gasteiger partial charge in [-0.15, -0.1) is 0 Å². The topological polar surface area (TPSA) is 46.6 Å². The number of halogens is 1. The van der Waals surface area contributed by atoms with Gasteiger partial charge >= 0.3 is 5.97 Å². The summed E-state index contributed by atoms with van der Waals surface area (Å²) in [6.07, 6.45) is 3.02. The molecule has 1 rings (SSSR count). The maximum absolute atomic E-state index is 11.7. The number of carbonyl (C=O) groups excluding carboxylic acids is 2. The molecule has 0 unspecified atom stereocenters. The van der Waals surface area contributed by atoms with Crippen molar-refractivity contribution in [2.45, 2.75) is 0 Å². The van der Waals surface area contributed by atoms with Crippen LogP contribution in [0.3, 0.4) is 0 Å². The summed E-state index contributed by atoms with van der Waals surface area (Å²) in [7, 11) is 2.81. The Bertz CT molecular complexity index is 471. The van der Waals surface area contributed by atoms with Gasteiger partial charge in [-0.05, 0) is 23.8 Å². The first kappa shape index (κ1) is 14.3. The lowest BCUT2D eigenvalue weighted by molar-refractivity contribution is -0.144. The summed E-state index contributed by atoms with van der Waals surface area (Å²) in [6, 6.07) is 7.12. The Balaban J connectivity index is 2.61. The summed E-state index contributed by atoms with van der Waals surface area (Å²) in [4.78, 5) is 23.9. The Hall–Kier alpha value is -1.81. The van der Waals surface area contributed by atoms with Crippen molar-refractivity contribution in [1.29, 1.82) is 0 Å². The van der Waals surface area contributed by atoms with Crippen molar-refractivity contribution in [2.24, 2.45) is 0 Å². The number of hydrogen-bond acceptors (Lipinski definition) is 3. The standard InChI is InChI=1S/C13H14ClNO3/c1-15(9-13(17)18-2)12(16)7-6-10-4-3-5-11(14)8-10/h3-8H,9H2,1-2H3/b7-6+. The van der Waals surface area contributed by atoms with Crippen LogP contribution >= 0.6 is 11.6 Å². The second kappa shape index (κ2) is 6.81. The lowest BCUT2D eigenvalue weighted by Gasteiger charge is -2.12. The van der Waals surface area contributed by atoms with Crippen LogP contribution in [0.5, 0.6) is 0 Å². The molecule has 0 N–H and O–H groups in total. The minimum Gasteiger partial charge on any atom is -0.468 e. The van der Waals surface area contributed by atoms with E-state index in [0.717, 1.165) is 5.56 Å². The molecule has 1 aromatic carbocycles. The molecule has 0 atom stereocenters. The zero-order valence-electron chi connectivity index (χ0n) is 10.2. The molecular weight excluding hydrogens is 254 g/mol. The van der Waals surface area contributed by atoms with Crippen LogP contribution in [0.25, 0.3) is 6.08 Å². The number of likely N-dealkylation sites (N-methyl/N-ethyl adjacent to an activating group) is 1. The number of amides is 1. The van der Waals surface area contributed by atoms with E-state index in [0.29, 0.717) is 5.02 Å². The average Bonchev–Trinajstić information content (AvgIpc) is 2.35. The number of hydrogen-bond donors (Lipinski definition) is 0. The fourth-order valence-electron chi connectivity index (χ4n) is 1.24. The van der Waals surface area contributed by atoms with E-state index in [2.05, 4.69) is 4.74 Å². The maximum Gasteiger partial charge on any atom is 0.325 e. The lowest BCUT2D eigenvalue weighted by Crippen LogP contribution is -2.31. The molecule has 0 aliphatic heterocycles. The van der Waals surface area contributed by atoms with Gasteiger partial charge in [0.05, 0.1) is 7.11 Å². The Morgan fingerprint density at radius 3 is 2.78 bits per heavy atom. The van der Waals surface area contributed by atoms with E-state index in [4.69, 9.17) is 11.6 Å². The number of carbonyl (C=O) groups is 2. The molecule has 5 heteroatoms. The third-order valence-electron chi connectivity index (χ3n) is 2.24. The summed E-state index contributed by atoms with van der Waals surface area (Å²) >= 11 is 5.82. The van der Waals surface area contributed by atoms with Crippen molar-refractivity contribution in [3.63, 3.8) is 0 Å². The van der Waals surface area contributed by atoms with E-state index >= 15 is 0 Å². The number of methoxy groups -OCH3 is 1. The van der Waals surface area contributed by atoms with E-state index in [1.165, 1.54) is 25.1 Å². The predicted molar refractivity (Wildman–Crippen MR) is 70.1 cm³/mol. The zero-order chi connectivity index (χ0) is 13.5. The third-order valence-corrected chi connectivity index (χ3v) is 2.47. The molecule has 96 valence electrons. The van der Waals surface area contributed by atoms with Crippen LogP contribution in [-0.2, 0) is 14.3 Å². The predicted octanol–water partition coefficient (Wildman–Crippen LogP) is 1.98. The summed E-state index contributed by atoms with van der Waals surface area (Å²) < 4.78 is 4.48. The minimum absolute atomic E-state index is 0.0742. The van der Waals surface area contributed by atoms with Gasteiger partial charge in [0.25, 0.3) is 0 Å². The average molecular weight is 268 g/mol. The van der Waals surface area contributed by atoms with Crippen LogP contribution < -0.4 is 0 Å². The Morgan fingerprint density at radius 1 is 1.44 bits per heavy atom. The highest BCUT2D eigenvalue weighted by atomic mass is 35.5. The molecule has 0 aliphatic carbocycles. The number of esters is 1. The number of benzene rings is 1. The smallest absolute Gasteiger partial charge is 0.325 e. The van der Waals surface area contributed by atoms with Crippen LogP contribution in [0.4, 0.5) is 0 Å². The van der Waals surface area contributed by atoms with Crippen LogP contribution in [-0.4, -0.2) is 37.5 Å². The summed E-state index contributed by atoms with van der Waals surface area (Å²) in [5, 5.41) is 0.604. The van der Waals surface area contributed by atoms with Crippen molar-refractivity contribution in [2.75, 3.05) is 20.7 Å². The number of ether oxygens (including phenoxy) is 1. The summed E-state index contributed by atoms with van der Waals surface area (Å²) in [5.41, 5.74) is 0.822. The van der Waals surface area contributed by atoms with Crippen molar-refractivity contribution >= 4 is 29.6 Å². The van der Waals surface area contributed by atoms with Crippen LogP contribution in [0.15, 0.2) is 30.3 Å². The van der Waals surface area contributed by atoms with E-state index < -0.39 is 5.97 Å². The highest BCUT2D eigenvalue weighted by molar-refractivity contribution is 6.30. The van der Waals surface area contributed by atoms with Gasteiger partial charge in [0.15, 0.2) is 0 Å². The molecule has 1 amide bonds. The maximum atomic E-state index is 11.7. The van der Waals surface area contributed by atoms with E-state index in [1.54, 1.807) is 24.3 Å². The van der Waals surface area contributed by atoms with Crippen molar-refractivity contribution in [1.82, 2.24) is 4.90 Å². The van der Waals surface area contributed by atoms with Crippen LogP contribution in [0.2, 0.25) is 5.02 Å². The molecule has 18 heavy (non-hydrogen) atoms. The Labute approximate surface area is 111 Å². The SMILES string of the molecule is COC(=O)CN(C)C(=O)/C=C/c1cccc(Cl)c1. The molecule has 4 nitrogen and oxygen atoms in total. The Kier molecular flexibility index (Phi) is 5.39. The normalized spacial score (nSPS) is 10.4. The molecule has 0 radical (unpaired) electrons. The van der Waals surface area contributed by atoms with Gasteiger partial charge in [-0.1, -0.05) is 23.7 Å². The second-order valence-electron chi connectivity index (χ2n) is 3.66. The van der Waals surface area contributed by atoms with Gasteiger partial charge in [-0.25, -0.2) is 0 Å². The van der Waals surface area contributed by atoms with Gasteiger partial charge in [0.1, 0.15) is 6.54 Å². The first-order valence-electron chi connectivity index (χ1n) is 5.28. The van der Waals surface area contributed by atoms with Crippen molar-refractivity contribution < 1.29 is 14.3 Å². The van der Waals surface area contributed by atoms with E-state index in [1.807, 2.05) is 6.07 Å². The van der Waals surface area contributed by atoms with Crippen molar-refractivity contribution in [3.05, 3.63) is 40.9 Å². The van der Waals surface area contributed by atoms with Gasteiger partial charge in [0, 0.05) is 18.1 Å². The van der Waals surface area contributed by atoms with Crippen LogP contribution in [0.1, 0.15) is 5.56 Å². The molecule has 1 aromatic rings. The fourth-order valence-corrected chi connectivity index (χ4v) is 1.44. The van der Waals surface area contributed by atoms with Gasteiger partial charge in [-0.3, -0.25) is 9.59 Å². The highest BCUT2D eigenvalue weighted by Gasteiger charge is 2.09. The minimum atomic E-state index is -0.456. The van der Waals surface area contributed by atoms with E-state index in [-0.39, 0.29) is 12.5 Å². The molecule has 0 spiro atoms. The highest BCUT2D eigenvalue weighted by Crippen LogP contribution is 2.11. The quantitative estimate of drug-likeness (QED) is 0.619. The fraction of sp³-hybridized carbons (Fsp3) is 0.231. The lowest BCUT2D eigenvalue weighted by atomic mass is 10.2. The molecule has 0 fully saturated rings. The van der Waals surface area contributed by atoms with Crippen LogP contribution in [0, 0.1) is 0 Å². The molecule has 0 saturated heterocycles. The molecule has 0 aromatic heterocycles. The zero-order valence-corrected chi connectivity index (χ0v) is 11.0. The molecule has 0 saturated carbocycles. The van der Waals surface area contributed by atoms with Gasteiger partial charge in [-0.2, -0.15) is 0 Å². The molecular formula is C13H14ClNO3. The second-order valence-corrected chi connectivity index (χ2v) is 4.10. The van der Waals surface area contributed by atoms with Gasteiger partial charge in [0.2, 0.25) is 5.91 Å². The monoisotopic (exact) mass is 267 g/mol. The molecule has 0 heterocycles. The number of rotatable bonds is 4. The largest absolute Gasteiger partial charge is 0.468 e. The summed E-state index contributed by atoms with van der Waals surface area (Å²) in [5.74, 6) is -0.734. The Morgan fingerprint density at radius 2 is 2.17 bits per heavy atom. The first-order chi connectivity index (χ1) is 8.52. The van der Waals surface area contributed by atoms with E-state index in [9.17, 15) is 9.59 Å². The number of nitrogens with zero attached hydrogens (tertiary/aromatic N) is 1. The first-order valence-corrected chi connectivity index (χ1v) is 5.66. The van der Waals surface area contributed by atoms with Crippen molar-refractivity contribution in [3.8, 4) is 0 Å².